The molecule has 0 amide bonds. The minimum Gasteiger partial charge on any atom is 0 e. The molecule has 0 aromatic carbocycles. The molecule has 1 N–H and O–H groups in total. The Labute approximate surface area is 496 Å². The molecule has 0 aliphatic heterocycles. The third-order valence-corrected chi connectivity index (χ3v) is 11.8. The molecule has 0 spiro atoms. The molecule has 3 nitrogen and oxygen atoms in total. The van der Waals surface area contributed by atoms with Gasteiger partial charge in [0.1, 0.15) is 0 Å². The van der Waals surface area contributed by atoms with Crippen molar-refractivity contribution in [2.45, 2.75) is 77.6 Å². The summed E-state index contributed by atoms with van der Waals surface area (Å²) >= 11 is 1.66. The summed E-state index contributed by atoms with van der Waals surface area (Å²) in [7, 11) is 3.59. The van der Waals surface area contributed by atoms with Gasteiger partial charge in [-0.25, -0.2) is 0 Å². The van der Waals surface area contributed by atoms with E-state index in [9.17, 15) is 5.11 Å². The molecule has 42 heavy (non-hydrogen) atoms. The van der Waals surface area contributed by atoms with Crippen LogP contribution in [0.25, 0.3) is 0 Å². The number of aliphatic hydroxyl groups excluding tert-OH is 1. The number of aliphatic hydroxyl groups is 1. The zero-order valence-corrected chi connectivity index (χ0v) is 73.5. The van der Waals surface area contributed by atoms with E-state index in [1.165, 1.54) is 19.3 Å². The molecule has 6 unspecified atom stereocenters. The second-order valence-corrected chi connectivity index (χ2v) is 12.1. The molecule has 0 aromatic rings. The maximum absolute atomic E-state index is 11.4. The number of fused-ring (bicyclic) bond motifs is 5. The molecule has 20 heteroatoms. The van der Waals surface area contributed by atoms with Crippen molar-refractivity contribution < 1.29 is 371 Å². The molecule has 4 aliphatic carbocycles. The van der Waals surface area contributed by atoms with Gasteiger partial charge < -0.3 is 0 Å². The van der Waals surface area contributed by atoms with Crippen LogP contribution in [0.1, 0.15) is 65.7 Å². The van der Waals surface area contributed by atoms with Crippen molar-refractivity contribution in [2.24, 2.45) is 40.4 Å². The Bertz CT molecular complexity index is 623. The van der Waals surface area contributed by atoms with Gasteiger partial charge in [0.2, 0.25) is 0 Å². The summed E-state index contributed by atoms with van der Waals surface area (Å²) in [5.74, 6) is 2.77. The largest absolute Gasteiger partial charge is 0 e. The van der Waals surface area contributed by atoms with Gasteiger partial charge in [-0.2, -0.15) is 0 Å². The van der Waals surface area contributed by atoms with Gasteiger partial charge in [0.15, 0.2) is 0 Å². The van der Waals surface area contributed by atoms with E-state index in [0.29, 0.717) is 29.1 Å². The topological polar surface area (TPSA) is 38.7 Å². The van der Waals surface area contributed by atoms with Crippen LogP contribution in [0.3, 0.4) is 0 Å². The van der Waals surface area contributed by atoms with E-state index in [-0.39, 0.29) is 349 Å². The summed E-state index contributed by atoms with van der Waals surface area (Å²) in [6.07, 6.45) is 7.81. The Kier molecular flexibility index (Phi) is 84.1. The van der Waals surface area contributed by atoms with E-state index in [4.69, 9.17) is 9.47 Å². The van der Waals surface area contributed by atoms with E-state index in [1.54, 1.807) is 37.5 Å². The molecular formula is C22H36O3W17. The standard InChI is InChI=1S/C22H36O3.17W/c1-14-11-15-12-22(24-4,25-5)10-9-21(15,3)19-17(23)13-20(2)8-6-7-16(20)18(14)19;;;;;;;;;;;;;;;;;/h14-19,23H,6-7,9-13H2,1-5H3;;;;;;;;;;;;;;;;;/t14-,15?,16?,17+,18?,19?,20?,21?;;;;;;;;;;;;;;;;;/m0................./s1. The number of hydrogen-bond acceptors (Lipinski definition) is 3. The fourth-order valence-corrected chi connectivity index (χ4v) is 9.17. The maximum Gasteiger partial charge on any atom is 0 e. The van der Waals surface area contributed by atoms with Crippen molar-refractivity contribution in [1.82, 2.24) is 0 Å². The van der Waals surface area contributed by atoms with Gasteiger partial charge in [-0.1, -0.05) is 0 Å². The summed E-state index contributed by atoms with van der Waals surface area (Å²) in [4.78, 5) is 0. The molecule has 0 radical (unpaired) electrons. The Morgan fingerprint density at radius 2 is 1.14 bits per heavy atom. The number of ether oxygens (including phenoxy) is 2. The van der Waals surface area contributed by atoms with Crippen molar-refractivity contribution in [3.63, 3.8) is 0 Å². The van der Waals surface area contributed by atoms with Crippen molar-refractivity contribution in [2.75, 3.05) is 14.2 Å². The average molecular weight is 3470 g/mol. The fourth-order valence-electron chi connectivity index (χ4n) is 7.90. The predicted octanol–water partition coefficient (Wildman–Crippen LogP) is 3.91. The van der Waals surface area contributed by atoms with Crippen molar-refractivity contribution in [3.05, 3.63) is 0 Å². The first-order valence-electron chi connectivity index (χ1n) is 10.5. The summed E-state index contributed by atoms with van der Waals surface area (Å²) in [5.41, 5.74) is 0.521. The molecule has 0 aromatic heterocycles. The van der Waals surface area contributed by atoms with Crippen LogP contribution in [0.4, 0.5) is 0 Å². The van der Waals surface area contributed by atoms with Crippen LogP contribution in [-0.2, 0) is 366 Å². The molecule has 0 heterocycles. The average Bonchev–Trinajstić information content (AvgIpc) is 2.90. The van der Waals surface area contributed by atoms with Gasteiger partial charge in [-0.05, 0) is 0 Å². The SMILES string of the molecule is COC1(OC)CCC2(C)C(C[C@H](C)C3C4CC[C](=[W])C4(C)C[C@@H](O)C32)C1.[W].[W].[W].[W].[W].[W].[W].[W].[W].[W].[W].[W].[W].[W].[W].[W]. The number of hydrogen-bond donors (Lipinski definition) is 1. The maximum atomic E-state index is 11.4. The summed E-state index contributed by atoms with van der Waals surface area (Å²) < 4.78 is 13.4. The third kappa shape index (κ3) is 18.8. The summed E-state index contributed by atoms with van der Waals surface area (Å²) in [6.45, 7) is 7.42. The van der Waals surface area contributed by atoms with Gasteiger partial charge in [0, 0.05) is 337 Å². The van der Waals surface area contributed by atoms with Crippen LogP contribution < -0.4 is 0 Å². The monoisotopic (exact) mass is 3480 g/mol. The molecular weight excluding hydrogens is 3440 g/mol. The van der Waals surface area contributed by atoms with Gasteiger partial charge in [-0.15, -0.1) is 0 Å². The van der Waals surface area contributed by atoms with Gasteiger partial charge in [-0.3, -0.25) is 0 Å². The number of rotatable bonds is 2. The molecule has 4 fully saturated rings. The summed E-state index contributed by atoms with van der Waals surface area (Å²) in [6, 6.07) is 0. The zero-order chi connectivity index (χ0) is 18.9. The van der Waals surface area contributed by atoms with Crippen LogP contribution in [0.2, 0.25) is 0 Å². The fraction of sp³-hybridized carbons (Fsp3) is 0.955. The van der Waals surface area contributed by atoms with Crippen LogP contribution in [0.15, 0.2) is 0 Å². The van der Waals surface area contributed by atoms with Gasteiger partial charge in [0.05, 0.1) is 0 Å². The van der Waals surface area contributed by atoms with Crippen LogP contribution in [0.5, 0.6) is 0 Å². The molecule has 0 bridgehead atoms. The van der Waals surface area contributed by atoms with E-state index < -0.39 is 5.79 Å². The molecule has 244 valence electrons. The first kappa shape index (κ1) is 89.9. The second kappa shape index (κ2) is 39.3. The first-order chi connectivity index (χ1) is 12.2. The second-order valence-electron chi connectivity index (χ2n) is 10.3. The molecule has 4 aliphatic rings. The first-order valence-corrected chi connectivity index (χ1v) is 12.0. The van der Waals surface area contributed by atoms with Crippen LogP contribution in [0, 0.1) is 40.4 Å². The number of methoxy groups -OCH3 is 2. The Morgan fingerprint density at radius 1 is 0.714 bits per heavy atom. The molecule has 4 saturated carbocycles. The quantitative estimate of drug-likeness (QED) is 0.427. The summed E-state index contributed by atoms with van der Waals surface area (Å²) in [5, 5.41) is 11.4. The van der Waals surface area contributed by atoms with E-state index in [1.807, 2.05) is 0 Å². The zero-order valence-electron chi connectivity index (χ0n) is 23.6. The Hall–Kier alpha value is 11.5. The minimum atomic E-state index is -0.411. The van der Waals surface area contributed by atoms with Crippen LogP contribution >= 0.6 is 0 Å². The van der Waals surface area contributed by atoms with Crippen molar-refractivity contribution >= 4 is 3.90 Å². The van der Waals surface area contributed by atoms with Crippen molar-refractivity contribution in [1.29, 1.82) is 0 Å². The Morgan fingerprint density at radius 3 is 1.55 bits per heavy atom. The van der Waals surface area contributed by atoms with Gasteiger partial charge >= 0.3 is 170 Å². The van der Waals surface area contributed by atoms with Crippen LogP contribution in [-0.4, -0.2) is 35.1 Å². The molecule has 8 atom stereocenters. The van der Waals surface area contributed by atoms with Gasteiger partial charge in [0.25, 0.3) is 0 Å². The molecule has 4 rings (SSSR count). The minimum absolute atomic E-state index is 0. The predicted molar refractivity (Wildman–Crippen MR) is 99.4 cm³/mol. The Balaban J connectivity index is -0.0000000478. The third-order valence-electron chi connectivity index (χ3n) is 9.42. The smallest absolute Gasteiger partial charge is 0 e. The van der Waals surface area contributed by atoms with E-state index >= 15 is 0 Å². The van der Waals surface area contributed by atoms with E-state index in [2.05, 4.69) is 20.8 Å². The van der Waals surface area contributed by atoms with E-state index in [0.717, 1.165) is 31.6 Å². The normalized spacial score (nSPS) is 32.8. The van der Waals surface area contributed by atoms with Crippen molar-refractivity contribution in [3.8, 4) is 0 Å². The molecule has 0 saturated heterocycles.